The fraction of sp³-hybridized carbons (Fsp3) is 0.500. The third-order valence-electron chi connectivity index (χ3n) is 1.71. The van der Waals surface area contributed by atoms with Crippen LogP contribution in [0.3, 0.4) is 0 Å². The van der Waals surface area contributed by atoms with Crippen molar-refractivity contribution in [3.8, 4) is 5.75 Å². The summed E-state index contributed by atoms with van der Waals surface area (Å²) in [7, 11) is 0. The van der Waals surface area contributed by atoms with Crippen molar-refractivity contribution in [2.45, 2.75) is 27.7 Å². The molecule has 0 spiro atoms. The minimum atomic E-state index is 0.563. The van der Waals surface area contributed by atoms with Crippen molar-refractivity contribution in [3.63, 3.8) is 0 Å². The van der Waals surface area contributed by atoms with Crippen LogP contribution in [0.2, 0.25) is 0 Å². The molecule has 0 fully saturated rings. The molecule has 1 rings (SSSR count). The Hall–Kier alpha value is -1.02. The molecule has 1 aromatic carbocycles. The second-order valence-electron chi connectivity index (χ2n) is 2.91. The summed E-state index contributed by atoms with van der Waals surface area (Å²) >= 11 is 0. The van der Waals surface area contributed by atoms with Gasteiger partial charge in [0.15, 0.2) is 0 Å². The lowest BCUT2D eigenvalue weighted by atomic mass is 10.1. The molecule has 0 aliphatic carbocycles. The van der Waals surface area contributed by atoms with Crippen LogP contribution in [0.5, 0.6) is 5.75 Å². The van der Waals surface area contributed by atoms with Crippen LogP contribution in [-0.2, 0) is 0 Å². The van der Waals surface area contributed by atoms with E-state index in [1.807, 2.05) is 32.9 Å². The Bertz CT molecular complexity index is 258. The van der Waals surface area contributed by atoms with E-state index in [9.17, 15) is 0 Å². The normalized spacial score (nSPS) is 8.93. The maximum absolute atomic E-state index is 5.42. The number of hydrogen-bond donors (Lipinski definition) is 1. The molecular formula is C12H21NO. The quantitative estimate of drug-likeness (QED) is 0.804. The second-order valence-corrected chi connectivity index (χ2v) is 2.91. The topological polar surface area (TPSA) is 35.2 Å². The van der Waals surface area contributed by atoms with Gasteiger partial charge < -0.3 is 10.5 Å². The van der Waals surface area contributed by atoms with Gasteiger partial charge in [-0.05, 0) is 25.5 Å². The summed E-state index contributed by atoms with van der Waals surface area (Å²) < 4.78 is 5.42. The van der Waals surface area contributed by atoms with Gasteiger partial charge in [0.05, 0.1) is 0 Å². The molecule has 0 aliphatic heterocycles. The zero-order valence-corrected chi connectivity index (χ0v) is 9.63. The molecule has 0 unspecified atom stereocenters. The van der Waals surface area contributed by atoms with Gasteiger partial charge in [-0.1, -0.05) is 31.5 Å². The third kappa shape index (κ3) is 4.28. The first-order chi connectivity index (χ1) is 6.74. The summed E-state index contributed by atoms with van der Waals surface area (Å²) in [5.74, 6) is 0.936. The largest absolute Gasteiger partial charge is 0.492 e. The lowest BCUT2D eigenvalue weighted by Crippen LogP contribution is -2.11. The molecule has 80 valence electrons. The Morgan fingerprint density at radius 2 is 1.86 bits per heavy atom. The van der Waals surface area contributed by atoms with Crippen LogP contribution < -0.4 is 10.5 Å². The first-order valence-corrected chi connectivity index (χ1v) is 5.14. The SMILES string of the molecule is CC.Cc1ccc(OCCN)c(C)c1. The van der Waals surface area contributed by atoms with Gasteiger partial charge in [-0.15, -0.1) is 0 Å². The van der Waals surface area contributed by atoms with Gasteiger partial charge in [0, 0.05) is 6.54 Å². The van der Waals surface area contributed by atoms with Crippen molar-refractivity contribution in [3.05, 3.63) is 29.3 Å². The average Bonchev–Trinajstić information content (AvgIpc) is 2.20. The van der Waals surface area contributed by atoms with E-state index in [1.54, 1.807) is 0 Å². The number of rotatable bonds is 3. The van der Waals surface area contributed by atoms with Crippen LogP contribution in [0.15, 0.2) is 18.2 Å². The van der Waals surface area contributed by atoms with Crippen LogP contribution in [-0.4, -0.2) is 13.2 Å². The fourth-order valence-electron chi connectivity index (χ4n) is 1.13. The number of nitrogens with two attached hydrogens (primary N) is 1. The Morgan fingerprint density at radius 3 is 2.36 bits per heavy atom. The molecule has 0 radical (unpaired) electrons. The van der Waals surface area contributed by atoms with Crippen molar-refractivity contribution in [1.82, 2.24) is 0 Å². The smallest absolute Gasteiger partial charge is 0.122 e. The highest BCUT2D eigenvalue weighted by molar-refractivity contribution is 5.35. The Kier molecular flexibility index (Phi) is 6.85. The molecule has 0 heterocycles. The van der Waals surface area contributed by atoms with Crippen molar-refractivity contribution >= 4 is 0 Å². The van der Waals surface area contributed by atoms with Crippen LogP contribution >= 0.6 is 0 Å². The first kappa shape index (κ1) is 13.0. The van der Waals surface area contributed by atoms with E-state index >= 15 is 0 Å². The molecule has 2 nitrogen and oxygen atoms in total. The van der Waals surface area contributed by atoms with Gasteiger partial charge >= 0.3 is 0 Å². The maximum atomic E-state index is 5.42. The maximum Gasteiger partial charge on any atom is 0.122 e. The Labute approximate surface area is 87.1 Å². The highest BCUT2D eigenvalue weighted by atomic mass is 16.5. The van der Waals surface area contributed by atoms with E-state index in [4.69, 9.17) is 10.5 Å². The molecule has 0 bridgehead atoms. The summed E-state index contributed by atoms with van der Waals surface area (Å²) in [5, 5.41) is 0. The lowest BCUT2D eigenvalue weighted by Gasteiger charge is -2.07. The number of hydrogen-bond acceptors (Lipinski definition) is 2. The lowest BCUT2D eigenvalue weighted by molar-refractivity contribution is 0.326. The van der Waals surface area contributed by atoms with Gasteiger partial charge in [0.1, 0.15) is 12.4 Å². The summed E-state index contributed by atoms with van der Waals surface area (Å²) in [4.78, 5) is 0. The molecule has 1 aromatic rings. The summed E-state index contributed by atoms with van der Waals surface area (Å²) in [6.07, 6.45) is 0. The van der Waals surface area contributed by atoms with Crippen LogP contribution in [0.25, 0.3) is 0 Å². The number of aryl methyl sites for hydroxylation is 2. The van der Waals surface area contributed by atoms with Gasteiger partial charge in [-0.25, -0.2) is 0 Å². The predicted molar refractivity (Wildman–Crippen MR) is 61.8 cm³/mol. The summed E-state index contributed by atoms with van der Waals surface area (Å²) in [6.45, 7) is 9.26. The minimum Gasteiger partial charge on any atom is -0.492 e. The van der Waals surface area contributed by atoms with Crippen molar-refractivity contribution in [2.75, 3.05) is 13.2 Å². The van der Waals surface area contributed by atoms with Crippen molar-refractivity contribution in [2.24, 2.45) is 5.73 Å². The van der Waals surface area contributed by atoms with E-state index in [0.29, 0.717) is 13.2 Å². The first-order valence-electron chi connectivity index (χ1n) is 5.14. The summed E-state index contributed by atoms with van der Waals surface area (Å²) in [6, 6.07) is 6.13. The zero-order valence-electron chi connectivity index (χ0n) is 9.63. The molecule has 14 heavy (non-hydrogen) atoms. The molecule has 2 N–H and O–H groups in total. The Balaban J connectivity index is 0.000000791. The molecule has 0 amide bonds. The van der Waals surface area contributed by atoms with Crippen LogP contribution in [0.1, 0.15) is 25.0 Å². The molecule has 0 atom stereocenters. The van der Waals surface area contributed by atoms with Gasteiger partial charge in [-0.3, -0.25) is 0 Å². The zero-order chi connectivity index (χ0) is 11.0. The summed E-state index contributed by atoms with van der Waals surface area (Å²) in [5.41, 5.74) is 7.76. The van der Waals surface area contributed by atoms with E-state index in [0.717, 1.165) is 5.75 Å². The van der Waals surface area contributed by atoms with Crippen LogP contribution in [0.4, 0.5) is 0 Å². The van der Waals surface area contributed by atoms with E-state index in [-0.39, 0.29) is 0 Å². The van der Waals surface area contributed by atoms with Gasteiger partial charge in [-0.2, -0.15) is 0 Å². The molecule has 0 aromatic heterocycles. The number of ether oxygens (including phenoxy) is 1. The molecular weight excluding hydrogens is 174 g/mol. The van der Waals surface area contributed by atoms with Gasteiger partial charge in [0.2, 0.25) is 0 Å². The highest BCUT2D eigenvalue weighted by Crippen LogP contribution is 2.18. The van der Waals surface area contributed by atoms with Crippen molar-refractivity contribution in [1.29, 1.82) is 0 Å². The second kappa shape index (κ2) is 7.39. The van der Waals surface area contributed by atoms with Crippen LogP contribution in [0, 0.1) is 13.8 Å². The Morgan fingerprint density at radius 1 is 1.21 bits per heavy atom. The molecule has 0 aliphatic rings. The van der Waals surface area contributed by atoms with Gasteiger partial charge in [0.25, 0.3) is 0 Å². The predicted octanol–water partition coefficient (Wildman–Crippen LogP) is 2.67. The minimum absolute atomic E-state index is 0.563. The van der Waals surface area contributed by atoms with Crippen molar-refractivity contribution < 1.29 is 4.74 Å². The monoisotopic (exact) mass is 195 g/mol. The standard InChI is InChI=1S/C10H15NO.C2H6/c1-8-3-4-10(9(2)7-8)12-6-5-11;1-2/h3-4,7H,5-6,11H2,1-2H3;1-2H3. The van der Waals surface area contributed by atoms with E-state index < -0.39 is 0 Å². The van der Waals surface area contributed by atoms with E-state index in [2.05, 4.69) is 13.0 Å². The molecule has 0 saturated heterocycles. The molecule has 2 heteroatoms. The fourth-order valence-corrected chi connectivity index (χ4v) is 1.13. The molecule has 0 saturated carbocycles. The van der Waals surface area contributed by atoms with E-state index in [1.165, 1.54) is 11.1 Å². The average molecular weight is 195 g/mol. The number of benzene rings is 1. The highest BCUT2D eigenvalue weighted by Gasteiger charge is 1.97. The third-order valence-corrected chi connectivity index (χ3v) is 1.71.